The number of benzene rings is 3. The molecule has 5 nitrogen and oxygen atoms in total. The maximum atomic E-state index is 14.0. The van der Waals surface area contributed by atoms with Gasteiger partial charge in [0.2, 0.25) is 0 Å². The van der Waals surface area contributed by atoms with Gasteiger partial charge in [-0.05, 0) is 48.0 Å². The van der Waals surface area contributed by atoms with Gasteiger partial charge in [-0.25, -0.2) is 0 Å². The summed E-state index contributed by atoms with van der Waals surface area (Å²) in [7, 11) is 1.59. The second-order valence-corrected chi connectivity index (χ2v) is 9.44. The highest BCUT2D eigenvalue weighted by atomic mass is 35.5. The molecule has 162 valence electrons. The van der Waals surface area contributed by atoms with Gasteiger partial charge in [-0.1, -0.05) is 41.9 Å². The molecule has 2 amide bonds. The number of halogens is 1. The van der Waals surface area contributed by atoms with Crippen LogP contribution in [-0.2, 0) is 16.2 Å². The third-order valence-corrected chi connectivity index (χ3v) is 7.58. The summed E-state index contributed by atoms with van der Waals surface area (Å²) in [6.07, 6.45) is 0. The van der Waals surface area contributed by atoms with Crippen LogP contribution in [0.4, 0.5) is 5.69 Å². The average molecular weight is 465 g/mol. The number of ether oxygens (including phenoxy) is 1. The van der Waals surface area contributed by atoms with Crippen molar-refractivity contribution in [2.24, 2.45) is 0 Å². The molecule has 7 heteroatoms. The van der Waals surface area contributed by atoms with Crippen LogP contribution in [0.3, 0.4) is 0 Å². The van der Waals surface area contributed by atoms with Crippen LogP contribution in [0.2, 0.25) is 5.02 Å². The van der Waals surface area contributed by atoms with Gasteiger partial charge in [0.1, 0.15) is 5.75 Å². The lowest BCUT2D eigenvalue weighted by atomic mass is 10.0. The van der Waals surface area contributed by atoms with Crippen molar-refractivity contribution < 1.29 is 14.3 Å². The molecule has 5 rings (SSSR count). The average Bonchev–Trinajstić information content (AvgIpc) is 3.36. The molecule has 3 aromatic rings. The van der Waals surface area contributed by atoms with Crippen LogP contribution in [-0.4, -0.2) is 36.1 Å². The van der Waals surface area contributed by atoms with Crippen LogP contribution >= 0.6 is 23.4 Å². The molecule has 0 bridgehead atoms. The van der Waals surface area contributed by atoms with Crippen LogP contribution < -0.4 is 9.64 Å². The summed E-state index contributed by atoms with van der Waals surface area (Å²) < 4.78 is 5.21. The Morgan fingerprint density at radius 3 is 2.56 bits per heavy atom. The molecule has 2 heterocycles. The predicted molar refractivity (Wildman–Crippen MR) is 127 cm³/mol. The summed E-state index contributed by atoms with van der Waals surface area (Å²) >= 11 is 7.86. The number of hydrogen-bond donors (Lipinski definition) is 0. The van der Waals surface area contributed by atoms with Crippen LogP contribution in [0, 0.1) is 0 Å². The first-order chi connectivity index (χ1) is 15.5. The van der Waals surface area contributed by atoms with Gasteiger partial charge in [-0.15, -0.1) is 11.8 Å². The smallest absolute Gasteiger partial charge is 0.268 e. The van der Waals surface area contributed by atoms with Crippen molar-refractivity contribution in [2.75, 3.05) is 24.3 Å². The van der Waals surface area contributed by atoms with Crippen LogP contribution in [0.1, 0.15) is 21.5 Å². The van der Waals surface area contributed by atoms with E-state index in [0.29, 0.717) is 35.2 Å². The van der Waals surface area contributed by atoms with Crippen molar-refractivity contribution in [3.8, 4) is 5.75 Å². The van der Waals surface area contributed by atoms with Crippen LogP contribution in [0.25, 0.3) is 0 Å². The number of carbonyl (C=O) groups is 2. The van der Waals surface area contributed by atoms with Gasteiger partial charge >= 0.3 is 0 Å². The lowest BCUT2D eigenvalue weighted by molar-refractivity contribution is -0.123. The van der Waals surface area contributed by atoms with E-state index in [-0.39, 0.29) is 11.8 Å². The highest BCUT2D eigenvalue weighted by molar-refractivity contribution is 8.01. The normalized spacial score (nSPS) is 19.5. The van der Waals surface area contributed by atoms with Crippen molar-refractivity contribution in [2.45, 2.75) is 11.4 Å². The quantitative estimate of drug-likeness (QED) is 0.549. The summed E-state index contributed by atoms with van der Waals surface area (Å²) in [6, 6.07) is 22.3. The Morgan fingerprint density at radius 1 is 1.09 bits per heavy atom. The van der Waals surface area contributed by atoms with Gasteiger partial charge in [0.15, 0.2) is 4.87 Å². The summed E-state index contributed by atoms with van der Waals surface area (Å²) in [4.78, 5) is 29.9. The Hall–Kier alpha value is -2.96. The standard InChI is InChI=1S/C25H21ClN2O3S/c1-31-20-10-7-18(8-11-20)23(29)28-13-14-32-25(28)21-15-19(26)9-12-22(21)27(24(25)30)16-17-5-3-2-4-6-17/h2-12,15H,13-14,16H2,1H3. The number of methoxy groups -OCH3 is 1. The van der Waals surface area contributed by atoms with E-state index in [1.165, 1.54) is 11.8 Å². The Kier molecular flexibility index (Phi) is 5.35. The van der Waals surface area contributed by atoms with E-state index in [1.807, 2.05) is 42.5 Å². The third kappa shape index (κ3) is 3.26. The largest absolute Gasteiger partial charge is 0.497 e. The molecule has 2 aliphatic heterocycles. The van der Waals surface area contributed by atoms with Gasteiger partial charge in [-0.3, -0.25) is 9.59 Å². The Bertz CT molecular complexity index is 1190. The maximum Gasteiger partial charge on any atom is 0.268 e. The fraction of sp³-hybridized carbons (Fsp3) is 0.200. The number of amides is 2. The molecule has 3 aromatic carbocycles. The van der Waals surface area contributed by atoms with Gasteiger partial charge in [0.05, 0.1) is 19.3 Å². The highest BCUT2D eigenvalue weighted by Crippen LogP contribution is 2.55. The predicted octanol–water partition coefficient (Wildman–Crippen LogP) is 4.94. The van der Waals surface area contributed by atoms with E-state index in [0.717, 1.165) is 16.8 Å². The van der Waals surface area contributed by atoms with Crippen LogP contribution in [0.5, 0.6) is 5.75 Å². The van der Waals surface area contributed by atoms with Gasteiger partial charge in [0.25, 0.3) is 11.8 Å². The maximum absolute atomic E-state index is 14.0. The minimum Gasteiger partial charge on any atom is -0.497 e. The zero-order valence-corrected chi connectivity index (χ0v) is 19.0. The lowest BCUT2D eigenvalue weighted by Gasteiger charge is -2.33. The SMILES string of the molecule is COc1ccc(C(=O)N2CCSC23C(=O)N(Cc2ccccc2)c2ccc(Cl)cc23)cc1. The number of hydrogen-bond acceptors (Lipinski definition) is 4. The number of rotatable bonds is 4. The zero-order valence-electron chi connectivity index (χ0n) is 17.5. The van der Waals surface area contributed by atoms with Crippen LogP contribution in [0.15, 0.2) is 72.8 Å². The van der Waals surface area contributed by atoms with Gasteiger partial charge in [0, 0.05) is 28.4 Å². The molecule has 1 unspecified atom stereocenters. The molecule has 0 aromatic heterocycles. The summed E-state index contributed by atoms with van der Waals surface area (Å²) in [5.41, 5.74) is 3.11. The fourth-order valence-electron chi connectivity index (χ4n) is 4.40. The van der Waals surface area contributed by atoms with E-state index < -0.39 is 4.87 Å². The molecule has 0 aliphatic carbocycles. The van der Waals surface area contributed by atoms with E-state index in [9.17, 15) is 9.59 Å². The number of anilines is 1. The molecule has 1 atom stereocenters. The third-order valence-electron chi connectivity index (χ3n) is 5.92. The molecular weight excluding hydrogens is 444 g/mol. The lowest BCUT2D eigenvalue weighted by Crippen LogP contribution is -2.50. The van der Waals surface area contributed by atoms with Crippen molar-refractivity contribution in [3.05, 3.63) is 94.5 Å². The minimum atomic E-state index is -1.12. The summed E-state index contributed by atoms with van der Waals surface area (Å²) in [5.74, 6) is 1.05. The summed E-state index contributed by atoms with van der Waals surface area (Å²) in [6.45, 7) is 0.910. The first kappa shape index (κ1) is 20.9. The number of carbonyl (C=O) groups excluding carboxylic acids is 2. The van der Waals surface area contributed by atoms with E-state index in [2.05, 4.69) is 0 Å². The topological polar surface area (TPSA) is 49.9 Å². The molecular formula is C25H21ClN2O3S. The van der Waals surface area contributed by atoms with Crippen molar-refractivity contribution in [1.82, 2.24) is 4.90 Å². The molecule has 1 fully saturated rings. The highest BCUT2D eigenvalue weighted by Gasteiger charge is 2.59. The van der Waals surface area contributed by atoms with E-state index in [4.69, 9.17) is 16.3 Å². The van der Waals surface area contributed by atoms with E-state index >= 15 is 0 Å². The van der Waals surface area contributed by atoms with Gasteiger partial charge < -0.3 is 14.5 Å². The van der Waals surface area contributed by atoms with E-state index in [1.54, 1.807) is 47.2 Å². The van der Waals surface area contributed by atoms with Crippen molar-refractivity contribution in [1.29, 1.82) is 0 Å². The molecule has 1 saturated heterocycles. The zero-order chi connectivity index (χ0) is 22.3. The second kappa shape index (κ2) is 8.19. The molecule has 0 saturated carbocycles. The Balaban J connectivity index is 1.58. The summed E-state index contributed by atoms with van der Waals surface area (Å²) in [5, 5.41) is 0.543. The minimum absolute atomic E-state index is 0.108. The number of nitrogens with zero attached hydrogens (tertiary/aromatic N) is 2. The first-order valence-corrected chi connectivity index (χ1v) is 11.7. The fourth-order valence-corrected chi connectivity index (χ4v) is 6.02. The molecule has 0 radical (unpaired) electrons. The Labute approximate surface area is 195 Å². The Morgan fingerprint density at radius 2 is 1.84 bits per heavy atom. The monoisotopic (exact) mass is 464 g/mol. The van der Waals surface area contributed by atoms with Crippen molar-refractivity contribution in [3.63, 3.8) is 0 Å². The second-order valence-electron chi connectivity index (χ2n) is 7.72. The molecule has 1 spiro atoms. The van der Waals surface area contributed by atoms with Gasteiger partial charge in [-0.2, -0.15) is 0 Å². The molecule has 32 heavy (non-hydrogen) atoms. The first-order valence-electron chi connectivity index (χ1n) is 10.3. The number of fused-ring (bicyclic) bond motifs is 2. The van der Waals surface area contributed by atoms with Crippen molar-refractivity contribution >= 4 is 40.9 Å². The molecule has 0 N–H and O–H groups in total. The molecule has 2 aliphatic rings. The number of thioether (sulfide) groups is 1.